The summed E-state index contributed by atoms with van der Waals surface area (Å²) in [7, 11) is 2.00. The highest BCUT2D eigenvalue weighted by molar-refractivity contribution is 9.10. The third-order valence-electron chi connectivity index (χ3n) is 1.95. The van der Waals surface area contributed by atoms with E-state index in [4.69, 9.17) is 0 Å². The molecular weight excluding hydrogens is 218 g/mol. The molecule has 0 radical (unpaired) electrons. The van der Waals surface area contributed by atoms with E-state index in [-0.39, 0.29) is 0 Å². The Morgan fingerprint density at radius 1 is 1.50 bits per heavy atom. The first-order valence-electron chi connectivity index (χ1n) is 4.12. The van der Waals surface area contributed by atoms with Crippen LogP contribution in [0.2, 0.25) is 0 Å². The minimum atomic E-state index is 0.994. The van der Waals surface area contributed by atoms with Gasteiger partial charge in [-0.1, -0.05) is 0 Å². The Hall–Kier alpha value is -0.510. The van der Waals surface area contributed by atoms with Crippen molar-refractivity contribution < 1.29 is 0 Å². The number of hydrogen-bond acceptors (Lipinski definition) is 2. The summed E-state index contributed by atoms with van der Waals surface area (Å²) < 4.78 is 3.05. The van der Waals surface area contributed by atoms with Gasteiger partial charge in [0.05, 0.1) is 6.20 Å². The minimum absolute atomic E-state index is 0.994. The molecule has 1 aromatic rings. The molecule has 0 saturated carbocycles. The summed E-state index contributed by atoms with van der Waals surface area (Å²) in [6.45, 7) is 6.25. The third kappa shape index (κ3) is 1.63. The van der Waals surface area contributed by atoms with Crippen LogP contribution in [0.5, 0.6) is 0 Å². The van der Waals surface area contributed by atoms with Crippen molar-refractivity contribution in [1.29, 1.82) is 0 Å². The molecule has 3 nitrogen and oxygen atoms in total. The van der Waals surface area contributed by atoms with Crippen LogP contribution >= 0.6 is 15.9 Å². The van der Waals surface area contributed by atoms with Crippen molar-refractivity contribution in [3.63, 3.8) is 0 Å². The van der Waals surface area contributed by atoms with Crippen LogP contribution in [0, 0.1) is 0 Å². The number of rotatable bonds is 3. The van der Waals surface area contributed by atoms with Crippen LogP contribution in [0.1, 0.15) is 13.8 Å². The van der Waals surface area contributed by atoms with Crippen molar-refractivity contribution in [3.8, 4) is 0 Å². The fourth-order valence-electron chi connectivity index (χ4n) is 1.18. The van der Waals surface area contributed by atoms with E-state index in [0.717, 1.165) is 23.6 Å². The molecule has 1 heterocycles. The second-order valence-electron chi connectivity index (χ2n) is 2.61. The van der Waals surface area contributed by atoms with E-state index in [0.29, 0.717) is 0 Å². The molecule has 12 heavy (non-hydrogen) atoms. The van der Waals surface area contributed by atoms with E-state index in [1.807, 2.05) is 17.8 Å². The Balaban J connectivity index is 2.93. The highest BCUT2D eigenvalue weighted by atomic mass is 79.9. The summed E-state index contributed by atoms with van der Waals surface area (Å²) >= 11 is 3.42. The molecule has 4 heteroatoms. The van der Waals surface area contributed by atoms with Gasteiger partial charge in [0.2, 0.25) is 5.95 Å². The van der Waals surface area contributed by atoms with E-state index in [1.54, 1.807) is 0 Å². The Morgan fingerprint density at radius 2 is 2.08 bits per heavy atom. The van der Waals surface area contributed by atoms with E-state index in [1.165, 1.54) is 0 Å². The molecule has 0 bridgehead atoms. The van der Waals surface area contributed by atoms with Gasteiger partial charge in [0.1, 0.15) is 4.60 Å². The smallest absolute Gasteiger partial charge is 0.206 e. The van der Waals surface area contributed by atoms with Crippen molar-refractivity contribution in [1.82, 2.24) is 9.55 Å². The molecule has 1 rings (SSSR count). The Bertz CT molecular complexity index is 253. The molecule has 0 atom stereocenters. The quantitative estimate of drug-likeness (QED) is 0.795. The highest BCUT2D eigenvalue weighted by Crippen LogP contribution is 2.17. The van der Waals surface area contributed by atoms with E-state index < -0.39 is 0 Å². The lowest BCUT2D eigenvalue weighted by Crippen LogP contribution is -2.24. The molecule has 1 aromatic heterocycles. The maximum Gasteiger partial charge on any atom is 0.206 e. The van der Waals surface area contributed by atoms with Crippen LogP contribution in [0.3, 0.4) is 0 Å². The van der Waals surface area contributed by atoms with Gasteiger partial charge in [-0.2, -0.15) is 0 Å². The highest BCUT2D eigenvalue weighted by Gasteiger charge is 2.08. The fraction of sp³-hybridized carbons (Fsp3) is 0.625. The summed E-state index contributed by atoms with van der Waals surface area (Å²) in [6.07, 6.45) is 1.83. The lowest BCUT2D eigenvalue weighted by molar-refractivity contribution is 0.769. The number of aromatic nitrogens is 2. The summed E-state index contributed by atoms with van der Waals surface area (Å²) in [5.41, 5.74) is 0. The number of halogens is 1. The van der Waals surface area contributed by atoms with Crippen molar-refractivity contribution >= 4 is 21.9 Å². The molecule has 0 unspecified atom stereocenters. The lowest BCUT2D eigenvalue weighted by atomic mass is 10.5. The predicted octanol–water partition coefficient (Wildman–Crippen LogP) is 2.03. The number of imidazole rings is 1. The molecule has 0 aliphatic heterocycles. The first-order valence-corrected chi connectivity index (χ1v) is 4.92. The SMILES string of the molecule is CCN(CC)c1ncc(Br)n1C. The first-order chi connectivity index (χ1) is 5.70. The third-order valence-corrected chi connectivity index (χ3v) is 2.69. The van der Waals surface area contributed by atoms with Crippen LogP contribution in [0.4, 0.5) is 5.95 Å². The fourth-order valence-corrected chi connectivity index (χ4v) is 1.44. The summed E-state index contributed by atoms with van der Waals surface area (Å²) in [6, 6.07) is 0. The van der Waals surface area contributed by atoms with Crippen molar-refractivity contribution in [2.75, 3.05) is 18.0 Å². The summed E-state index contributed by atoms with van der Waals surface area (Å²) in [5, 5.41) is 0. The Morgan fingerprint density at radius 3 is 2.42 bits per heavy atom. The second-order valence-corrected chi connectivity index (χ2v) is 3.42. The normalized spacial score (nSPS) is 10.3. The average Bonchev–Trinajstić information content (AvgIpc) is 2.38. The monoisotopic (exact) mass is 231 g/mol. The van der Waals surface area contributed by atoms with Crippen LogP contribution in [0.15, 0.2) is 10.8 Å². The van der Waals surface area contributed by atoms with Gasteiger partial charge in [0, 0.05) is 20.1 Å². The zero-order chi connectivity index (χ0) is 9.14. The number of nitrogens with zero attached hydrogens (tertiary/aromatic N) is 3. The van der Waals surface area contributed by atoms with E-state index in [2.05, 4.69) is 39.7 Å². The van der Waals surface area contributed by atoms with Gasteiger partial charge in [-0.3, -0.25) is 0 Å². The molecule has 0 fully saturated rings. The van der Waals surface area contributed by atoms with Gasteiger partial charge in [-0.15, -0.1) is 0 Å². The van der Waals surface area contributed by atoms with Gasteiger partial charge in [0.25, 0.3) is 0 Å². The molecular formula is C8H14BrN3. The second kappa shape index (κ2) is 3.94. The molecule has 0 aliphatic carbocycles. The zero-order valence-corrected chi connectivity index (χ0v) is 9.30. The number of hydrogen-bond donors (Lipinski definition) is 0. The van der Waals surface area contributed by atoms with Gasteiger partial charge in [0.15, 0.2) is 0 Å². The first kappa shape index (κ1) is 9.58. The molecule has 0 amide bonds. The topological polar surface area (TPSA) is 21.1 Å². The number of anilines is 1. The van der Waals surface area contributed by atoms with Crippen molar-refractivity contribution in [2.24, 2.45) is 7.05 Å². The summed E-state index contributed by atoms with van der Waals surface area (Å²) in [5.74, 6) is 1.02. The maximum absolute atomic E-state index is 4.30. The molecule has 0 aliphatic rings. The zero-order valence-electron chi connectivity index (χ0n) is 7.71. The Labute approximate surface area is 81.5 Å². The minimum Gasteiger partial charge on any atom is -0.343 e. The average molecular weight is 232 g/mol. The Kier molecular flexibility index (Phi) is 3.14. The van der Waals surface area contributed by atoms with Crippen LogP contribution in [-0.4, -0.2) is 22.6 Å². The van der Waals surface area contributed by atoms with Crippen molar-refractivity contribution in [2.45, 2.75) is 13.8 Å². The van der Waals surface area contributed by atoms with Crippen LogP contribution in [0.25, 0.3) is 0 Å². The largest absolute Gasteiger partial charge is 0.343 e. The van der Waals surface area contributed by atoms with Gasteiger partial charge >= 0.3 is 0 Å². The van der Waals surface area contributed by atoms with E-state index in [9.17, 15) is 0 Å². The van der Waals surface area contributed by atoms with Gasteiger partial charge in [-0.25, -0.2) is 4.98 Å². The molecule has 0 saturated heterocycles. The predicted molar refractivity (Wildman–Crippen MR) is 54.5 cm³/mol. The molecule has 0 spiro atoms. The maximum atomic E-state index is 4.30. The van der Waals surface area contributed by atoms with Crippen molar-refractivity contribution in [3.05, 3.63) is 10.8 Å². The molecule has 0 aromatic carbocycles. The summed E-state index contributed by atoms with van der Waals surface area (Å²) in [4.78, 5) is 6.51. The van der Waals surface area contributed by atoms with E-state index >= 15 is 0 Å². The van der Waals surface area contributed by atoms with Gasteiger partial charge in [-0.05, 0) is 29.8 Å². The van der Waals surface area contributed by atoms with Crippen LogP contribution in [-0.2, 0) is 7.05 Å². The van der Waals surface area contributed by atoms with Crippen LogP contribution < -0.4 is 4.90 Å². The van der Waals surface area contributed by atoms with Gasteiger partial charge < -0.3 is 9.47 Å². The molecule has 68 valence electrons. The molecule has 0 N–H and O–H groups in total. The lowest BCUT2D eigenvalue weighted by Gasteiger charge is -2.19. The standard InChI is InChI=1S/C8H14BrN3/c1-4-12(5-2)8-10-6-7(9)11(8)3/h6H,4-5H2,1-3H3.